The summed E-state index contributed by atoms with van der Waals surface area (Å²) in [6, 6.07) is 10.6. The molecule has 0 radical (unpaired) electrons. The van der Waals surface area contributed by atoms with Crippen molar-refractivity contribution in [3.63, 3.8) is 0 Å². The Kier molecular flexibility index (Phi) is 6.89. The molecule has 3 aromatic rings. The number of hydrogen-bond acceptors (Lipinski definition) is 4. The van der Waals surface area contributed by atoms with Gasteiger partial charge in [-0.05, 0) is 41.3 Å². The molecule has 6 nitrogen and oxygen atoms in total. The minimum atomic E-state index is -0.753. The Balaban J connectivity index is 1.46. The average molecular weight is 475 g/mol. The normalized spacial score (nSPS) is 14.1. The summed E-state index contributed by atoms with van der Waals surface area (Å²) in [4.78, 5) is 23.6. The smallest absolute Gasteiger partial charge is 0.318 e. The molecule has 0 saturated heterocycles. The van der Waals surface area contributed by atoms with E-state index in [4.69, 9.17) is 23.2 Å². The van der Waals surface area contributed by atoms with Crippen LogP contribution in [0, 0.1) is 5.82 Å². The quantitative estimate of drug-likeness (QED) is 0.577. The van der Waals surface area contributed by atoms with Crippen molar-refractivity contribution in [2.75, 3.05) is 13.2 Å². The van der Waals surface area contributed by atoms with E-state index in [0.29, 0.717) is 42.3 Å². The standard InChI is InChI=1S/C23H21Cl2FN4O2/c24-17-4-2-1-3-14(17)10-22-27-11-16-7-8-30(12-20(16)28-22)23(32)29-21(13-31)15-5-6-18(25)19(26)9-15/h1-6,9,11,21,31H,7-8,10,12-13H2,(H,29,32)/t21-/m1/s1. The van der Waals surface area contributed by atoms with Gasteiger partial charge >= 0.3 is 6.03 Å². The van der Waals surface area contributed by atoms with Gasteiger partial charge in [-0.1, -0.05) is 47.5 Å². The van der Waals surface area contributed by atoms with Gasteiger partial charge in [-0.2, -0.15) is 0 Å². The summed E-state index contributed by atoms with van der Waals surface area (Å²) in [6.45, 7) is 0.424. The Morgan fingerprint density at radius 2 is 2.03 bits per heavy atom. The highest BCUT2D eigenvalue weighted by molar-refractivity contribution is 6.31. The van der Waals surface area contributed by atoms with E-state index in [1.165, 1.54) is 12.1 Å². The van der Waals surface area contributed by atoms with Crippen LogP contribution in [0.4, 0.5) is 9.18 Å². The first-order valence-electron chi connectivity index (χ1n) is 10.1. The lowest BCUT2D eigenvalue weighted by atomic mass is 10.1. The number of aromatic nitrogens is 2. The summed E-state index contributed by atoms with van der Waals surface area (Å²) in [5.74, 6) is 0.0236. The van der Waals surface area contributed by atoms with E-state index in [0.717, 1.165) is 16.8 Å². The number of fused-ring (bicyclic) bond motifs is 1. The van der Waals surface area contributed by atoms with Gasteiger partial charge in [0.15, 0.2) is 0 Å². The van der Waals surface area contributed by atoms with Gasteiger partial charge in [-0.15, -0.1) is 0 Å². The van der Waals surface area contributed by atoms with Gasteiger partial charge < -0.3 is 15.3 Å². The molecule has 32 heavy (non-hydrogen) atoms. The maximum atomic E-state index is 13.8. The highest BCUT2D eigenvalue weighted by atomic mass is 35.5. The van der Waals surface area contributed by atoms with Gasteiger partial charge in [0.2, 0.25) is 0 Å². The fraction of sp³-hybridized carbons (Fsp3) is 0.261. The molecule has 1 atom stereocenters. The molecule has 0 unspecified atom stereocenters. The summed E-state index contributed by atoms with van der Waals surface area (Å²) in [5.41, 5.74) is 3.14. The van der Waals surface area contributed by atoms with Crippen LogP contribution >= 0.6 is 23.2 Å². The molecule has 0 spiro atoms. The van der Waals surface area contributed by atoms with Crippen LogP contribution in [-0.4, -0.2) is 39.2 Å². The Bertz CT molecular complexity index is 1140. The zero-order valence-electron chi connectivity index (χ0n) is 17.1. The molecule has 2 N–H and O–H groups in total. The van der Waals surface area contributed by atoms with Crippen molar-refractivity contribution in [2.24, 2.45) is 0 Å². The van der Waals surface area contributed by atoms with Crippen LogP contribution in [0.3, 0.4) is 0 Å². The lowest BCUT2D eigenvalue weighted by molar-refractivity contribution is 0.176. The lowest BCUT2D eigenvalue weighted by Crippen LogP contribution is -2.45. The van der Waals surface area contributed by atoms with Gasteiger partial charge in [0, 0.05) is 24.2 Å². The van der Waals surface area contributed by atoms with Crippen LogP contribution in [-0.2, 0) is 19.4 Å². The van der Waals surface area contributed by atoms with E-state index in [1.807, 2.05) is 24.3 Å². The zero-order valence-corrected chi connectivity index (χ0v) is 18.6. The molecule has 1 aliphatic rings. The predicted molar refractivity (Wildman–Crippen MR) is 120 cm³/mol. The number of aliphatic hydroxyl groups is 1. The third-order valence-electron chi connectivity index (χ3n) is 5.42. The molecule has 1 aliphatic heterocycles. The van der Waals surface area contributed by atoms with Crippen molar-refractivity contribution in [3.05, 3.63) is 92.7 Å². The Hall–Kier alpha value is -2.74. The number of carbonyl (C=O) groups excluding carboxylic acids is 1. The molecular weight excluding hydrogens is 454 g/mol. The summed E-state index contributed by atoms with van der Waals surface area (Å²) in [5, 5.41) is 13.1. The summed E-state index contributed by atoms with van der Waals surface area (Å²) in [6.07, 6.45) is 2.92. The van der Waals surface area contributed by atoms with Crippen molar-refractivity contribution >= 4 is 29.2 Å². The number of aliphatic hydroxyl groups excluding tert-OH is 1. The zero-order chi connectivity index (χ0) is 22.7. The number of nitrogens with one attached hydrogen (secondary N) is 1. The van der Waals surface area contributed by atoms with Gasteiger partial charge in [-0.3, -0.25) is 0 Å². The van der Waals surface area contributed by atoms with Crippen LogP contribution < -0.4 is 5.32 Å². The average Bonchev–Trinajstić information content (AvgIpc) is 2.80. The first kappa shape index (κ1) is 22.5. The van der Waals surface area contributed by atoms with Gasteiger partial charge in [0.25, 0.3) is 0 Å². The van der Waals surface area contributed by atoms with E-state index < -0.39 is 11.9 Å². The van der Waals surface area contributed by atoms with E-state index in [9.17, 15) is 14.3 Å². The lowest BCUT2D eigenvalue weighted by Gasteiger charge is -2.30. The van der Waals surface area contributed by atoms with Gasteiger partial charge in [0.05, 0.1) is 29.9 Å². The fourth-order valence-corrected chi connectivity index (χ4v) is 3.94. The minimum Gasteiger partial charge on any atom is -0.394 e. The van der Waals surface area contributed by atoms with E-state index in [-0.39, 0.29) is 17.7 Å². The fourth-order valence-electron chi connectivity index (χ4n) is 3.62. The van der Waals surface area contributed by atoms with Gasteiger partial charge in [0.1, 0.15) is 11.6 Å². The maximum Gasteiger partial charge on any atom is 0.318 e. The topological polar surface area (TPSA) is 78.4 Å². The number of rotatable bonds is 5. The minimum absolute atomic E-state index is 0.0170. The van der Waals surface area contributed by atoms with Crippen LogP contribution in [0.25, 0.3) is 0 Å². The largest absolute Gasteiger partial charge is 0.394 e. The number of halogens is 3. The number of benzene rings is 2. The Morgan fingerprint density at radius 3 is 2.78 bits per heavy atom. The van der Waals surface area contributed by atoms with Crippen molar-refractivity contribution in [1.82, 2.24) is 20.2 Å². The first-order chi connectivity index (χ1) is 15.4. The monoisotopic (exact) mass is 474 g/mol. The van der Waals surface area contributed by atoms with Crippen molar-refractivity contribution in [2.45, 2.75) is 25.4 Å². The van der Waals surface area contributed by atoms with Crippen molar-refractivity contribution < 1.29 is 14.3 Å². The molecular formula is C23H21Cl2FN4O2. The van der Waals surface area contributed by atoms with Crippen LogP contribution in [0.15, 0.2) is 48.7 Å². The molecule has 4 rings (SSSR count). The maximum absolute atomic E-state index is 13.8. The van der Waals surface area contributed by atoms with E-state index in [1.54, 1.807) is 17.2 Å². The number of nitrogens with zero attached hydrogens (tertiary/aromatic N) is 3. The van der Waals surface area contributed by atoms with E-state index in [2.05, 4.69) is 15.3 Å². The predicted octanol–water partition coefficient (Wildman–Crippen LogP) is 4.31. The van der Waals surface area contributed by atoms with Crippen LogP contribution in [0.2, 0.25) is 10.0 Å². The molecule has 1 aromatic heterocycles. The number of carbonyl (C=O) groups is 1. The Morgan fingerprint density at radius 1 is 1.22 bits per heavy atom. The highest BCUT2D eigenvalue weighted by Crippen LogP contribution is 2.23. The number of hydrogen-bond donors (Lipinski definition) is 2. The van der Waals surface area contributed by atoms with Gasteiger partial charge in [-0.25, -0.2) is 19.2 Å². The third kappa shape index (κ3) is 5.01. The second kappa shape index (κ2) is 9.81. The third-order valence-corrected chi connectivity index (χ3v) is 6.09. The van der Waals surface area contributed by atoms with Crippen LogP contribution in [0.1, 0.15) is 34.3 Å². The first-order valence-corrected chi connectivity index (χ1v) is 10.9. The molecule has 2 amide bonds. The molecule has 0 saturated carbocycles. The van der Waals surface area contributed by atoms with E-state index >= 15 is 0 Å². The molecule has 9 heteroatoms. The second-order valence-electron chi connectivity index (χ2n) is 7.56. The summed E-state index contributed by atoms with van der Waals surface area (Å²) < 4.78 is 13.8. The highest BCUT2D eigenvalue weighted by Gasteiger charge is 2.25. The molecule has 0 bridgehead atoms. The number of urea groups is 1. The summed E-state index contributed by atoms with van der Waals surface area (Å²) >= 11 is 12.0. The summed E-state index contributed by atoms with van der Waals surface area (Å²) in [7, 11) is 0. The molecule has 2 aromatic carbocycles. The molecule has 0 fully saturated rings. The number of amides is 2. The van der Waals surface area contributed by atoms with Crippen molar-refractivity contribution in [3.8, 4) is 0 Å². The molecule has 0 aliphatic carbocycles. The SMILES string of the molecule is O=C(N[C@H](CO)c1ccc(Cl)c(F)c1)N1CCc2cnc(Cc3ccccc3Cl)nc2C1. The molecule has 2 heterocycles. The Labute approximate surface area is 195 Å². The van der Waals surface area contributed by atoms with Crippen molar-refractivity contribution in [1.29, 1.82) is 0 Å². The van der Waals surface area contributed by atoms with Crippen LogP contribution in [0.5, 0.6) is 0 Å². The molecule has 166 valence electrons. The second-order valence-corrected chi connectivity index (χ2v) is 8.37.